The van der Waals surface area contributed by atoms with Crippen molar-refractivity contribution in [2.75, 3.05) is 6.54 Å². The Balaban J connectivity index is 2.34. The molecule has 8 heteroatoms. The Labute approximate surface area is 112 Å². The monoisotopic (exact) mass is 290 g/mol. The number of carbonyl (C=O) groups is 2. The molecule has 110 valence electrons. The Hall–Kier alpha value is -2.12. The Morgan fingerprint density at radius 1 is 1.25 bits per heavy atom. The molecular formula is C12H13F3N2O3. The Morgan fingerprint density at radius 3 is 2.45 bits per heavy atom. The summed E-state index contributed by atoms with van der Waals surface area (Å²) < 4.78 is 35.6. The number of hydrogen-bond acceptors (Lipinski definition) is 3. The minimum absolute atomic E-state index is 0.0193. The standard InChI is InChI=1S/C12H13F3N2O3/c13-12(14,15)5-1-2-6-16-10(18)9-4-3-8(7-17-9)11(19)20/h3-4,7H,1-2,5-6H2,(H,16,18)(H,19,20). The second-order valence-electron chi connectivity index (χ2n) is 4.07. The Kier molecular flexibility index (Phi) is 5.48. The van der Waals surface area contributed by atoms with Crippen LogP contribution in [-0.4, -0.2) is 34.7 Å². The van der Waals surface area contributed by atoms with Crippen molar-refractivity contribution in [3.63, 3.8) is 0 Å². The lowest BCUT2D eigenvalue weighted by Crippen LogP contribution is -2.25. The summed E-state index contributed by atoms with van der Waals surface area (Å²) in [4.78, 5) is 25.8. The molecule has 1 heterocycles. The topological polar surface area (TPSA) is 79.3 Å². The number of aromatic nitrogens is 1. The van der Waals surface area contributed by atoms with E-state index >= 15 is 0 Å². The smallest absolute Gasteiger partial charge is 0.389 e. The molecule has 0 bridgehead atoms. The third-order valence-corrected chi connectivity index (χ3v) is 2.42. The van der Waals surface area contributed by atoms with E-state index in [0.29, 0.717) is 0 Å². The van der Waals surface area contributed by atoms with Gasteiger partial charge in [0.1, 0.15) is 5.69 Å². The molecule has 0 aliphatic rings. The summed E-state index contributed by atoms with van der Waals surface area (Å²) in [5, 5.41) is 11.1. The van der Waals surface area contributed by atoms with Gasteiger partial charge in [-0.25, -0.2) is 4.79 Å². The number of carboxylic acids is 1. The molecule has 1 amide bonds. The largest absolute Gasteiger partial charge is 0.478 e. The quantitative estimate of drug-likeness (QED) is 0.787. The molecule has 1 aromatic heterocycles. The van der Waals surface area contributed by atoms with E-state index in [1.165, 1.54) is 12.1 Å². The van der Waals surface area contributed by atoms with Crippen LogP contribution < -0.4 is 5.32 Å². The normalized spacial score (nSPS) is 11.2. The van der Waals surface area contributed by atoms with Crippen LogP contribution in [0.15, 0.2) is 18.3 Å². The van der Waals surface area contributed by atoms with Crippen LogP contribution in [0.1, 0.15) is 40.1 Å². The maximum atomic E-state index is 11.9. The molecule has 1 rings (SSSR count). The molecule has 2 N–H and O–H groups in total. The number of rotatable bonds is 6. The molecular weight excluding hydrogens is 277 g/mol. The number of halogens is 3. The van der Waals surface area contributed by atoms with Gasteiger partial charge in [0.25, 0.3) is 5.91 Å². The fraction of sp³-hybridized carbons (Fsp3) is 0.417. The summed E-state index contributed by atoms with van der Waals surface area (Å²) in [6, 6.07) is 2.47. The molecule has 0 atom stereocenters. The van der Waals surface area contributed by atoms with Gasteiger partial charge >= 0.3 is 12.1 Å². The van der Waals surface area contributed by atoms with Gasteiger partial charge in [0.15, 0.2) is 0 Å². The first-order valence-electron chi connectivity index (χ1n) is 5.84. The summed E-state index contributed by atoms with van der Waals surface area (Å²) in [5.41, 5.74) is -0.0300. The molecule has 0 fully saturated rings. The second kappa shape index (κ2) is 6.88. The van der Waals surface area contributed by atoms with E-state index in [9.17, 15) is 22.8 Å². The molecule has 0 aromatic carbocycles. The number of amides is 1. The van der Waals surface area contributed by atoms with Gasteiger partial charge in [0.05, 0.1) is 5.56 Å². The lowest BCUT2D eigenvalue weighted by Gasteiger charge is -2.07. The Bertz CT molecular complexity index is 472. The number of unbranched alkanes of at least 4 members (excludes halogenated alkanes) is 1. The molecule has 0 saturated heterocycles. The van der Waals surface area contributed by atoms with Crippen LogP contribution in [0.4, 0.5) is 13.2 Å². The zero-order chi connectivity index (χ0) is 15.2. The highest BCUT2D eigenvalue weighted by atomic mass is 19.4. The first-order chi connectivity index (χ1) is 9.29. The van der Waals surface area contributed by atoms with Gasteiger partial charge < -0.3 is 10.4 Å². The van der Waals surface area contributed by atoms with E-state index in [-0.39, 0.29) is 30.6 Å². The van der Waals surface area contributed by atoms with Crippen LogP contribution >= 0.6 is 0 Å². The maximum Gasteiger partial charge on any atom is 0.389 e. The summed E-state index contributed by atoms with van der Waals surface area (Å²) >= 11 is 0. The zero-order valence-corrected chi connectivity index (χ0v) is 10.4. The number of carbonyl (C=O) groups excluding carboxylic acids is 1. The van der Waals surface area contributed by atoms with Gasteiger partial charge in [-0.05, 0) is 25.0 Å². The first kappa shape index (κ1) is 15.9. The van der Waals surface area contributed by atoms with E-state index < -0.39 is 24.5 Å². The average molecular weight is 290 g/mol. The van der Waals surface area contributed by atoms with Gasteiger partial charge in [0.2, 0.25) is 0 Å². The van der Waals surface area contributed by atoms with E-state index in [1.807, 2.05) is 0 Å². The van der Waals surface area contributed by atoms with Crippen molar-refractivity contribution < 1.29 is 27.9 Å². The van der Waals surface area contributed by atoms with Crippen LogP contribution in [0.2, 0.25) is 0 Å². The van der Waals surface area contributed by atoms with Crippen molar-refractivity contribution in [2.45, 2.75) is 25.4 Å². The van der Waals surface area contributed by atoms with E-state index in [4.69, 9.17) is 5.11 Å². The van der Waals surface area contributed by atoms with Crippen LogP contribution in [0.25, 0.3) is 0 Å². The van der Waals surface area contributed by atoms with Gasteiger partial charge in [-0.2, -0.15) is 13.2 Å². The molecule has 0 radical (unpaired) electrons. The highest BCUT2D eigenvalue weighted by Crippen LogP contribution is 2.21. The molecule has 20 heavy (non-hydrogen) atoms. The maximum absolute atomic E-state index is 11.9. The lowest BCUT2D eigenvalue weighted by molar-refractivity contribution is -0.135. The molecule has 0 aliphatic heterocycles. The molecule has 5 nitrogen and oxygen atoms in total. The number of carboxylic acid groups (broad SMARTS) is 1. The van der Waals surface area contributed by atoms with Crippen LogP contribution in [-0.2, 0) is 0 Å². The minimum Gasteiger partial charge on any atom is -0.478 e. The first-order valence-corrected chi connectivity index (χ1v) is 5.84. The van der Waals surface area contributed by atoms with Gasteiger partial charge in [-0.3, -0.25) is 9.78 Å². The van der Waals surface area contributed by atoms with Crippen LogP contribution in [0.5, 0.6) is 0 Å². The van der Waals surface area contributed by atoms with Crippen molar-refractivity contribution in [1.29, 1.82) is 0 Å². The molecule has 0 saturated carbocycles. The van der Waals surface area contributed by atoms with E-state index in [1.54, 1.807) is 0 Å². The predicted molar refractivity (Wildman–Crippen MR) is 63.4 cm³/mol. The molecule has 1 aromatic rings. The van der Waals surface area contributed by atoms with E-state index in [0.717, 1.165) is 6.20 Å². The third kappa shape index (κ3) is 5.68. The number of hydrogen-bond donors (Lipinski definition) is 2. The van der Waals surface area contributed by atoms with Crippen LogP contribution in [0, 0.1) is 0 Å². The summed E-state index contributed by atoms with van der Waals surface area (Å²) in [6.07, 6.45) is -3.87. The molecule has 0 spiro atoms. The van der Waals surface area contributed by atoms with Crippen molar-refractivity contribution in [3.05, 3.63) is 29.6 Å². The SMILES string of the molecule is O=C(O)c1ccc(C(=O)NCCCCC(F)(F)F)nc1. The van der Waals surface area contributed by atoms with Crippen molar-refractivity contribution >= 4 is 11.9 Å². The number of nitrogens with one attached hydrogen (secondary N) is 1. The Morgan fingerprint density at radius 2 is 1.95 bits per heavy atom. The number of nitrogens with zero attached hydrogens (tertiary/aromatic N) is 1. The fourth-order valence-electron chi connectivity index (χ4n) is 1.40. The number of pyridine rings is 1. The van der Waals surface area contributed by atoms with E-state index in [2.05, 4.69) is 10.3 Å². The summed E-state index contributed by atoms with van der Waals surface area (Å²) in [7, 11) is 0. The van der Waals surface area contributed by atoms with Crippen molar-refractivity contribution in [2.24, 2.45) is 0 Å². The number of alkyl halides is 3. The highest BCUT2D eigenvalue weighted by Gasteiger charge is 2.25. The van der Waals surface area contributed by atoms with Crippen LogP contribution in [0.3, 0.4) is 0 Å². The second-order valence-corrected chi connectivity index (χ2v) is 4.07. The highest BCUT2D eigenvalue weighted by molar-refractivity contribution is 5.93. The number of aromatic carboxylic acids is 1. The molecule has 0 unspecified atom stereocenters. The predicted octanol–water partition coefficient (Wildman–Crippen LogP) is 2.24. The van der Waals surface area contributed by atoms with Crippen molar-refractivity contribution in [3.8, 4) is 0 Å². The summed E-state index contributed by atoms with van der Waals surface area (Å²) in [6.45, 7) is 0.108. The lowest BCUT2D eigenvalue weighted by atomic mass is 10.2. The van der Waals surface area contributed by atoms with Gasteiger partial charge in [-0.15, -0.1) is 0 Å². The average Bonchev–Trinajstić information content (AvgIpc) is 2.37. The summed E-state index contributed by atoms with van der Waals surface area (Å²) in [5.74, 6) is -1.70. The van der Waals surface area contributed by atoms with Gasteiger partial charge in [-0.1, -0.05) is 0 Å². The third-order valence-electron chi connectivity index (χ3n) is 2.42. The minimum atomic E-state index is -4.18. The van der Waals surface area contributed by atoms with Crippen molar-refractivity contribution in [1.82, 2.24) is 10.3 Å². The fourth-order valence-corrected chi connectivity index (χ4v) is 1.40. The van der Waals surface area contributed by atoms with Gasteiger partial charge in [0, 0.05) is 19.2 Å². The molecule has 0 aliphatic carbocycles. The zero-order valence-electron chi connectivity index (χ0n) is 10.4.